The number of hydrogen-bond donors (Lipinski definition) is 1. The molecular weight excluding hydrogens is 178 g/mol. The number of nitrogens with one attached hydrogen (secondary N) is 1. The molecule has 1 aliphatic heterocycles. The van der Waals surface area contributed by atoms with E-state index >= 15 is 0 Å². The molecule has 1 heterocycles. The molecule has 0 radical (unpaired) electrons. The third kappa shape index (κ3) is 3.23. The van der Waals surface area contributed by atoms with Crippen molar-refractivity contribution in [1.29, 1.82) is 0 Å². The van der Waals surface area contributed by atoms with Crippen molar-refractivity contribution in [1.82, 2.24) is 5.32 Å². The van der Waals surface area contributed by atoms with Crippen LogP contribution in [0.5, 0.6) is 0 Å². The van der Waals surface area contributed by atoms with Crippen molar-refractivity contribution in [2.24, 2.45) is 5.92 Å². The minimum atomic E-state index is 0.373. The maximum Gasteiger partial charge on any atom is 0.0623 e. The van der Waals surface area contributed by atoms with E-state index in [0.717, 1.165) is 32.7 Å². The minimum absolute atomic E-state index is 0.373. The number of likely N-dealkylation sites (N-methyl/N-ethyl adjacent to an activating group) is 1. The monoisotopic (exact) mass is 201 g/mol. The summed E-state index contributed by atoms with van der Waals surface area (Å²) in [5, 5.41) is 3.33. The lowest BCUT2D eigenvalue weighted by molar-refractivity contribution is 0.0611. The summed E-state index contributed by atoms with van der Waals surface area (Å²) in [6.45, 7) is 6.86. The highest BCUT2D eigenvalue weighted by Gasteiger charge is 2.30. The highest BCUT2D eigenvalue weighted by molar-refractivity contribution is 4.83. The first kappa shape index (κ1) is 12.0. The quantitative estimate of drug-likeness (QED) is 0.659. The summed E-state index contributed by atoms with van der Waals surface area (Å²) in [6.07, 6.45) is 2.62. The molecule has 1 rings (SSSR count). The van der Waals surface area contributed by atoms with Crippen LogP contribution >= 0.6 is 0 Å². The van der Waals surface area contributed by atoms with E-state index in [1.807, 2.05) is 7.05 Å². The highest BCUT2D eigenvalue weighted by Crippen LogP contribution is 2.23. The van der Waals surface area contributed by atoms with Crippen LogP contribution in [-0.4, -0.2) is 39.0 Å². The molecule has 3 heteroatoms. The first-order valence-electron chi connectivity index (χ1n) is 5.66. The van der Waals surface area contributed by atoms with Crippen molar-refractivity contribution >= 4 is 0 Å². The summed E-state index contributed by atoms with van der Waals surface area (Å²) in [6, 6.07) is 0.444. The van der Waals surface area contributed by atoms with Gasteiger partial charge in [-0.15, -0.1) is 0 Å². The molecule has 0 aromatic carbocycles. The van der Waals surface area contributed by atoms with Crippen LogP contribution in [0.1, 0.15) is 26.7 Å². The van der Waals surface area contributed by atoms with Gasteiger partial charge in [-0.1, -0.05) is 6.92 Å². The second-order valence-corrected chi connectivity index (χ2v) is 4.00. The van der Waals surface area contributed by atoms with Crippen LogP contribution in [0.25, 0.3) is 0 Å². The van der Waals surface area contributed by atoms with Gasteiger partial charge in [0.25, 0.3) is 0 Å². The lowest BCUT2D eigenvalue weighted by atomic mass is 9.94. The predicted molar refractivity (Wildman–Crippen MR) is 57.5 cm³/mol. The molecule has 0 amide bonds. The van der Waals surface area contributed by atoms with Crippen LogP contribution in [0.2, 0.25) is 0 Å². The predicted octanol–water partition coefficient (Wildman–Crippen LogP) is 1.43. The molecule has 84 valence electrons. The Labute approximate surface area is 87.2 Å². The molecule has 0 saturated carbocycles. The number of ether oxygens (including phenoxy) is 2. The Morgan fingerprint density at radius 3 is 2.86 bits per heavy atom. The zero-order chi connectivity index (χ0) is 10.4. The van der Waals surface area contributed by atoms with Gasteiger partial charge in [-0.3, -0.25) is 0 Å². The molecule has 0 aromatic rings. The van der Waals surface area contributed by atoms with E-state index in [2.05, 4.69) is 19.2 Å². The Morgan fingerprint density at radius 2 is 2.36 bits per heavy atom. The summed E-state index contributed by atoms with van der Waals surface area (Å²) in [5.74, 6) is 0.608. The Bertz CT molecular complexity index is 152. The number of hydrogen-bond acceptors (Lipinski definition) is 3. The Kier molecular flexibility index (Phi) is 5.45. The molecule has 3 nitrogen and oxygen atoms in total. The van der Waals surface area contributed by atoms with E-state index in [1.54, 1.807) is 0 Å². The van der Waals surface area contributed by atoms with Crippen LogP contribution < -0.4 is 5.32 Å². The zero-order valence-corrected chi connectivity index (χ0v) is 9.58. The topological polar surface area (TPSA) is 30.5 Å². The van der Waals surface area contributed by atoms with Gasteiger partial charge in [-0.25, -0.2) is 0 Å². The van der Waals surface area contributed by atoms with Crippen molar-refractivity contribution in [2.75, 3.05) is 26.9 Å². The summed E-state index contributed by atoms with van der Waals surface area (Å²) in [7, 11) is 2.00. The first-order valence-corrected chi connectivity index (χ1v) is 5.66. The van der Waals surface area contributed by atoms with Gasteiger partial charge in [0.1, 0.15) is 0 Å². The summed E-state index contributed by atoms with van der Waals surface area (Å²) in [5.41, 5.74) is 0. The Hall–Kier alpha value is -0.120. The van der Waals surface area contributed by atoms with Gasteiger partial charge in [0.05, 0.1) is 12.7 Å². The largest absolute Gasteiger partial charge is 0.380 e. The van der Waals surface area contributed by atoms with E-state index in [9.17, 15) is 0 Å². The summed E-state index contributed by atoms with van der Waals surface area (Å²) < 4.78 is 11.1. The molecule has 0 aromatic heterocycles. The molecule has 1 aliphatic rings. The third-order valence-electron chi connectivity index (χ3n) is 2.97. The second-order valence-electron chi connectivity index (χ2n) is 4.00. The number of rotatable bonds is 6. The van der Waals surface area contributed by atoms with Gasteiger partial charge in [-0.2, -0.15) is 0 Å². The third-order valence-corrected chi connectivity index (χ3v) is 2.97. The highest BCUT2D eigenvalue weighted by atomic mass is 16.5. The molecule has 1 saturated heterocycles. The Balaban J connectivity index is 2.29. The van der Waals surface area contributed by atoms with Crippen molar-refractivity contribution < 1.29 is 9.47 Å². The zero-order valence-electron chi connectivity index (χ0n) is 9.58. The Morgan fingerprint density at radius 1 is 1.57 bits per heavy atom. The maximum absolute atomic E-state index is 5.58. The van der Waals surface area contributed by atoms with E-state index in [1.165, 1.54) is 0 Å². The lowest BCUT2D eigenvalue weighted by Gasteiger charge is -2.25. The van der Waals surface area contributed by atoms with Gasteiger partial charge in [0.2, 0.25) is 0 Å². The van der Waals surface area contributed by atoms with Crippen LogP contribution in [0.4, 0.5) is 0 Å². The van der Waals surface area contributed by atoms with E-state index in [4.69, 9.17) is 9.47 Å². The average Bonchev–Trinajstić information content (AvgIpc) is 2.60. The fourth-order valence-electron chi connectivity index (χ4n) is 2.05. The van der Waals surface area contributed by atoms with Crippen LogP contribution in [0.3, 0.4) is 0 Å². The molecule has 0 spiro atoms. The molecular formula is C11H23NO2. The second kappa shape index (κ2) is 6.38. The van der Waals surface area contributed by atoms with Gasteiger partial charge < -0.3 is 14.8 Å². The van der Waals surface area contributed by atoms with E-state index in [0.29, 0.717) is 18.1 Å². The molecule has 3 atom stereocenters. The smallest absolute Gasteiger partial charge is 0.0623 e. The molecule has 14 heavy (non-hydrogen) atoms. The van der Waals surface area contributed by atoms with Gasteiger partial charge >= 0.3 is 0 Å². The fourth-order valence-corrected chi connectivity index (χ4v) is 2.05. The van der Waals surface area contributed by atoms with Crippen LogP contribution in [0, 0.1) is 5.92 Å². The molecule has 1 fully saturated rings. The first-order chi connectivity index (χ1) is 6.79. The van der Waals surface area contributed by atoms with Gasteiger partial charge in [0, 0.05) is 25.2 Å². The lowest BCUT2D eigenvalue weighted by Crippen LogP contribution is -2.40. The van der Waals surface area contributed by atoms with Gasteiger partial charge in [-0.05, 0) is 26.8 Å². The van der Waals surface area contributed by atoms with Crippen LogP contribution in [0.15, 0.2) is 0 Å². The van der Waals surface area contributed by atoms with Crippen molar-refractivity contribution in [3.05, 3.63) is 0 Å². The van der Waals surface area contributed by atoms with Crippen molar-refractivity contribution in [2.45, 2.75) is 38.8 Å². The maximum atomic E-state index is 5.58. The van der Waals surface area contributed by atoms with Crippen molar-refractivity contribution in [3.8, 4) is 0 Å². The van der Waals surface area contributed by atoms with Gasteiger partial charge in [0.15, 0.2) is 0 Å². The summed E-state index contributed by atoms with van der Waals surface area (Å²) >= 11 is 0. The van der Waals surface area contributed by atoms with E-state index in [-0.39, 0.29) is 0 Å². The van der Waals surface area contributed by atoms with E-state index < -0.39 is 0 Å². The molecule has 1 N–H and O–H groups in total. The molecule has 0 bridgehead atoms. The van der Waals surface area contributed by atoms with Crippen molar-refractivity contribution in [3.63, 3.8) is 0 Å². The molecule has 3 unspecified atom stereocenters. The fraction of sp³-hybridized carbons (Fsp3) is 1.00. The average molecular weight is 201 g/mol. The SMILES string of the molecule is CCCOCC(NC)C1CCOC1C. The standard InChI is InChI=1S/C11H23NO2/c1-4-6-13-8-11(12-3)10-5-7-14-9(10)2/h9-12H,4-8H2,1-3H3. The normalized spacial score (nSPS) is 29.4. The van der Waals surface area contributed by atoms with Crippen LogP contribution in [-0.2, 0) is 9.47 Å². The minimum Gasteiger partial charge on any atom is -0.380 e. The molecule has 0 aliphatic carbocycles. The summed E-state index contributed by atoms with van der Waals surface area (Å²) in [4.78, 5) is 0.